The highest BCUT2D eigenvalue weighted by molar-refractivity contribution is 7.91. The number of aromatic carboxylic acids is 1. The molecule has 1 unspecified atom stereocenters. The summed E-state index contributed by atoms with van der Waals surface area (Å²) < 4.78 is 26.9. The first-order chi connectivity index (χ1) is 9.31. The van der Waals surface area contributed by atoms with E-state index in [1.165, 1.54) is 17.4 Å². The first-order valence-electron chi connectivity index (χ1n) is 5.56. The van der Waals surface area contributed by atoms with Crippen LogP contribution in [0.1, 0.15) is 33.2 Å². The predicted octanol–water partition coefficient (Wildman–Crippen LogP) is 2.25. The number of nitrogens with zero attached hydrogens (tertiary/aromatic N) is 1. The monoisotopic (exact) mass is 332 g/mol. The van der Waals surface area contributed by atoms with E-state index in [-0.39, 0.29) is 9.09 Å². The van der Waals surface area contributed by atoms with Crippen molar-refractivity contribution >= 4 is 38.7 Å². The zero-order valence-electron chi connectivity index (χ0n) is 10.7. The van der Waals surface area contributed by atoms with Crippen LogP contribution < -0.4 is 4.72 Å². The molecule has 108 valence electrons. The number of aromatic nitrogens is 1. The summed E-state index contributed by atoms with van der Waals surface area (Å²) in [5, 5.41) is 11.4. The highest BCUT2D eigenvalue weighted by Gasteiger charge is 2.24. The van der Waals surface area contributed by atoms with Crippen LogP contribution in [0.15, 0.2) is 21.9 Å². The SMILES string of the molecule is Cc1cc(S(=O)(=O)NC(C)c2nccs2)sc1C(=O)O. The van der Waals surface area contributed by atoms with Crippen LogP contribution in [0.2, 0.25) is 0 Å². The third-order valence-corrected chi connectivity index (χ3v) is 6.71. The maximum absolute atomic E-state index is 12.2. The average molecular weight is 332 g/mol. The van der Waals surface area contributed by atoms with Crippen LogP contribution in [0.5, 0.6) is 0 Å². The van der Waals surface area contributed by atoms with E-state index in [4.69, 9.17) is 5.11 Å². The van der Waals surface area contributed by atoms with Crippen molar-refractivity contribution in [2.75, 3.05) is 0 Å². The molecule has 0 aliphatic carbocycles. The molecule has 0 aliphatic rings. The second-order valence-corrected chi connectivity index (χ2v) is 8.02. The van der Waals surface area contributed by atoms with Crippen molar-refractivity contribution in [3.8, 4) is 0 Å². The van der Waals surface area contributed by atoms with Crippen LogP contribution in [-0.4, -0.2) is 24.5 Å². The number of aryl methyl sites for hydroxylation is 1. The molecule has 2 N–H and O–H groups in total. The predicted molar refractivity (Wildman–Crippen MR) is 76.9 cm³/mol. The Balaban J connectivity index is 2.27. The summed E-state index contributed by atoms with van der Waals surface area (Å²) in [5.74, 6) is -1.12. The van der Waals surface area contributed by atoms with E-state index in [0.717, 1.165) is 11.3 Å². The number of hydrogen-bond donors (Lipinski definition) is 2. The van der Waals surface area contributed by atoms with Gasteiger partial charge in [-0.25, -0.2) is 22.9 Å². The van der Waals surface area contributed by atoms with Crippen molar-refractivity contribution in [1.29, 1.82) is 0 Å². The van der Waals surface area contributed by atoms with E-state index in [9.17, 15) is 13.2 Å². The third kappa shape index (κ3) is 3.06. The van der Waals surface area contributed by atoms with Crippen molar-refractivity contribution in [2.24, 2.45) is 0 Å². The molecule has 1 atom stereocenters. The highest BCUT2D eigenvalue weighted by Crippen LogP contribution is 2.27. The fraction of sp³-hybridized carbons (Fsp3) is 0.273. The second kappa shape index (κ2) is 5.60. The fourth-order valence-electron chi connectivity index (χ4n) is 1.59. The lowest BCUT2D eigenvalue weighted by Gasteiger charge is -2.10. The number of rotatable bonds is 5. The van der Waals surface area contributed by atoms with Crippen LogP contribution in [0.4, 0.5) is 0 Å². The van der Waals surface area contributed by atoms with Crippen LogP contribution in [0.25, 0.3) is 0 Å². The van der Waals surface area contributed by atoms with Crippen molar-refractivity contribution < 1.29 is 18.3 Å². The lowest BCUT2D eigenvalue weighted by atomic mass is 10.3. The van der Waals surface area contributed by atoms with Crippen molar-refractivity contribution in [3.05, 3.63) is 33.1 Å². The first-order valence-corrected chi connectivity index (χ1v) is 8.74. The van der Waals surface area contributed by atoms with E-state index in [1.807, 2.05) is 0 Å². The van der Waals surface area contributed by atoms with E-state index in [0.29, 0.717) is 10.6 Å². The summed E-state index contributed by atoms with van der Waals surface area (Å²) in [6, 6.07) is 0.904. The number of hydrogen-bond acceptors (Lipinski definition) is 6. The van der Waals surface area contributed by atoms with Gasteiger partial charge in [-0.3, -0.25) is 0 Å². The van der Waals surface area contributed by atoms with E-state index >= 15 is 0 Å². The standard InChI is InChI=1S/C11H12N2O4S3/c1-6-5-8(19-9(6)11(14)15)20(16,17)13-7(2)10-12-3-4-18-10/h3-5,7,13H,1-2H3,(H,14,15). The maximum atomic E-state index is 12.2. The summed E-state index contributed by atoms with van der Waals surface area (Å²) in [6.07, 6.45) is 1.60. The number of thiophene rings is 1. The molecule has 0 saturated heterocycles. The maximum Gasteiger partial charge on any atom is 0.346 e. The van der Waals surface area contributed by atoms with E-state index < -0.39 is 22.0 Å². The molecule has 2 rings (SSSR count). The molecule has 20 heavy (non-hydrogen) atoms. The zero-order valence-corrected chi connectivity index (χ0v) is 13.1. The fourth-order valence-corrected chi connectivity index (χ4v) is 4.91. The molecule has 0 amide bonds. The Bertz CT molecular complexity index is 719. The molecule has 0 spiro atoms. The summed E-state index contributed by atoms with van der Waals surface area (Å²) >= 11 is 2.10. The molecule has 2 aromatic rings. The molecule has 0 saturated carbocycles. The van der Waals surface area contributed by atoms with Crippen LogP contribution in [-0.2, 0) is 10.0 Å². The molecular formula is C11H12N2O4S3. The number of sulfonamides is 1. The van der Waals surface area contributed by atoms with Gasteiger partial charge in [-0.15, -0.1) is 22.7 Å². The first kappa shape index (κ1) is 15.1. The van der Waals surface area contributed by atoms with Gasteiger partial charge in [0.2, 0.25) is 0 Å². The zero-order chi connectivity index (χ0) is 14.9. The summed E-state index contributed by atoms with van der Waals surface area (Å²) in [4.78, 5) is 15.0. The highest BCUT2D eigenvalue weighted by atomic mass is 32.2. The second-order valence-electron chi connectivity index (χ2n) is 4.10. The van der Waals surface area contributed by atoms with Crippen LogP contribution >= 0.6 is 22.7 Å². The summed E-state index contributed by atoms with van der Waals surface area (Å²) in [7, 11) is -3.75. The minimum absolute atomic E-state index is 0.00388. The van der Waals surface area contributed by atoms with Gasteiger partial charge in [0.25, 0.3) is 10.0 Å². The Morgan fingerprint density at radius 1 is 1.50 bits per heavy atom. The number of nitrogens with one attached hydrogen (secondary N) is 1. The van der Waals surface area contributed by atoms with Gasteiger partial charge in [0.05, 0.1) is 6.04 Å². The molecule has 0 aromatic carbocycles. The Morgan fingerprint density at radius 2 is 2.20 bits per heavy atom. The molecule has 9 heteroatoms. The molecule has 0 bridgehead atoms. The molecule has 0 aliphatic heterocycles. The number of carboxylic acid groups (broad SMARTS) is 1. The smallest absolute Gasteiger partial charge is 0.346 e. The van der Waals surface area contributed by atoms with Gasteiger partial charge in [-0.1, -0.05) is 0 Å². The summed E-state index contributed by atoms with van der Waals surface area (Å²) in [5.41, 5.74) is 0.435. The van der Waals surface area contributed by atoms with Gasteiger partial charge in [0.1, 0.15) is 14.1 Å². The Labute approximate surface area is 124 Å². The van der Waals surface area contributed by atoms with Gasteiger partial charge in [-0.05, 0) is 25.5 Å². The Kier molecular flexibility index (Phi) is 4.23. The van der Waals surface area contributed by atoms with Crippen LogP contribution in [0, 0.1) is 6.92 Å². The van der Waals surface area contributed by atoms with Crippen molar-refractivity contribution in [2.45, 2.75) is 24.1 Å². The minimum atomic E-state index is -3.75. The van der Waals surface area contributed by atoms with Gasteiger partial charge >= 0.3 is 5.97 Å². The number of carbonyl (C=O) groups is 1. The lowest BCUT2D eigenvalue weighted by Crippen LogP contribution is -2.26. The number of thiazole rings is 1. The Morgan fingerprint density at radius 3 is 2.70 bits per heavy atom. The minimum Gasteiger partial charge on any atom is -0.477 e. The third-order valence-electron chi connectivity index (χ3n) is 2.51. The largest absolute Gasteiger partial charge is 0.477 e. The molecule has 2 aromatic heterocycles. The van der Waals surface area contributed by atoms with Crippen molar-refractivity contribution in [1.82, 2.24) is 9.71 Å². The number of carboxylic acids is 1. The normalized spacial score (nSPS) is 13.3. The van der Waals surface area contributed by atoms with Crippen molar-refractivity contribution in [3.63, 3.8) is 0 Å². The van der Waals surface area contributed by atoms with Gasteiger partial charge in [-0.2, -0.15) is 0 Å². The quantitative estimate of drug-likeness (QED) is 0.875. The molecule has 6 nitrogen and oxygen atoms in total. The molecule has 0 fully saturated rings. The van der Waals surface area contributed by atoms with Crippen LogP contribution in [0.3, 0.4) is 0 Å². The van der Waals surface area contributed by atoms with Gasteiger partial charge in [0, 0.05) is 11.6 Å². The molecule has 2 heterocycles. The van der Waals surface area contributed by atoms with E-state index in [1.54, 1.807) is 25.4 Å². The Hall–Kier alpha value is -1.29. The average Bonchev–Trinajstić information content (AvgIpc) is 2.96. The molecule has 0 radical (unpaired) electrons. The molecular weight excluding hydrogens is 320 g/mol. The van der Waals surface area contributed by atoms with Gasteiger partial charge < -0.3 is 5.11 Å². The topological polar surface area (TPSA) is 96.4 Å². The summed E-state index contributed by atoms with van der Waals surface area (Å²) in [6.45, 7) is 3.26. The van der Waals surface area contributed by atoms with Gasteiger partial charge in [0.15, 0.2) is 0 Å². The lowest BCUT2D eigenvalue weighted by molar-refractivity contribution is 0.0701. The van der Waals surface area contributed by atoms with E-state index in [2.05, 4.69) is 9.71 Å².